The predicted octanol–water partition coefficient (Wildman–Crippen LogP) is 4.59. The van der Waals surface area contributed by atoms with Gasteiger partial charge in [-0.05, 0) is 43.2 Å². The number of carbonyl (C=O) groups is 2. The van der Waals surface area contributed by atoms with Crippen LogP contribution in [0.3, 0.4) is 0 Å². The average Bonchev–Trinajstić information content (AvgIpc) is 2.75. The van der Waals surface area contributed by atoms with Gasteiger partial charge in [-0.2, -0.15) is 0 Å². The lowest BCUT2D eigenvalue weighted by Gasteiger charge is -2.09. The van der Waals surface area contributed by atoms with Gasteiger partial charge >= 0.3 is 5.97 Å². The SMILES string of the molecule is CCCCOC(=O)c1ccc(NC(=O)c2cnc(Cc3ccccc3)nc2C)cc1. The predicted molar refractivity (Wildman–Crippen MR) is 116 cm³/mol. The van der Waals surface area contributed by atoms with Gasteiger partial charge in [-0.25, -0.2) is 14.8 Å². The standard InChI is InChI=1S/C24H25N3O3/c1-3-4-14-30-24(29)19-10-12-20(13-11-19)27-23(28)21-16-25-22(26-17(21)2)15-18-8-6-5-7-9-18/h5-13,16H,3-4,14-15H2,1-2H3,(H,27,28). The summed E-state index contributed by atoms with van der Waals surface area (Å²) in [4.78, 5) is 33.4. The lowest BCUT2D eigenvalue weighted by molar-refractivity contribution is 0.0499. The number of carbonyl (C=O) groups excluding carboxylic acids is 2. The van der Waals surface area contributed by atoms with Crippen LogP contribution < -0.4 is 5.32 Å². The minimum atomic E-state index is -0.362. The minimum absolute atomic E-state index is 0.294. The van der Waals surface area contributed by atoms with Crippen molar-refractivity contribution in [2.24, 2.45) is 0 Å². The van der Waals surface area contributed by atoms with Crippen molar-refractivity contribution in [1.82, 2.24) is 9.97 Å². The van der Waals surface area contributed by atoms with Crippen molar-refractivity contribution in [2.45, 2.75) is 33.1 Å². The Morgan fingerprint density at radius 3 is 2.43 bits per heavy atom. The number of rotatable bonds is 8. The van der Waals surface area contributed by atoms with E-state index in [4.69, 9.17) is 4.74 Å². The van der Waals surface area contributed by atoms with Crippen LogP contribution in [0.2, 0.25) is 0 Å². The highest BCUT2D eigenvalue weighted by atomic mass is 16.5. The Kier molecular flexibility index (Phi) is 7.27. The van der Waals surface area contributed by atoms with E-state index < -0.39 is 0 Å². The molecule has 1 heterocycles. The summed E-state index contributed by atoms with van der Waals surface area (Å²) in [5.74, 6) is 0.0118. The van der Waals surface area contributed by atoms with Crippen molar-refractivity contribution in [3.05, 3.63) is 89.0 Å². The number of anilines is 1. The topological polar surface area (TPSA) is 81.2 Å². The summed E-state index contributed by atoms with van der Waals surface area (Å²) >= 11 is 0. The first-order valence-electron chi connectivity index (χ1n) is 10.0. The van der Waals surface area contributed by atoms with E-state index in [2.05, 4.69) is 15.3 Å². The molecule has 0 aliphatic carbocycles. The third-order valence-electron chi connectivity index (χ3n) is 4.59. The summed E-state index contributed by atoms with van der Waals surface area (Å²) in [6, 6.07) is 16.6. The number of nitrogens with zero attached hydrogens (tertiary/aromatic N) is 2. The molecule has 0 atom stereocenters. The molecular weight excluding hydrogens is 378 g/mol. The number of aromatic nitrogens is 2. The van der Waals surface area contributed by atoms with E-state index in [-0.39, 0.29) is 11.9 Å². The zero-order chi connectivity index (χ0) is 21.3. The first-order chi connectivity index (χ1) is 14.6. The molecule has 1 N–H and O–H groups in total. The molecule has 0 fully saturated rings. The first kappa shape index (κ1) is 21.2. The number of unbranched alkanes of at least 4 members (excludes halogenated alkanes) is 1. The molecule has 0 unspecified atom stereocenters. The Labute approximate surface area is 176 Å². The molecule has 3 aromatic rings. The zero-order valence-electron chi connectivity index (χ0n) is 17.2. The van der Waals surface area contributed by atoms with Crippen molar-refractivity contribution in [3.63, 3.8) is 0 Å². The molecule has 0 saturated carbocycles. The van der Waals surface area contributed by atoms with Gasteiger partial charge in [-0.1, -0.05) is 43.7 Å². The molecule has 0 aliphatic rings. The fraction of sp³-hybridized carbons (Fsp3) is 0.250. The molecule has 0 spiro atoms. The highest BCUT2D eigenvalue weighted by molar-refractivity contribution is 6.05. The van der Waals surface area contributed by atoms with Crippen molar-refractivity contribution < 1.29 is 14.3 Å². The number of hydrogen-bond donors (Lipinski definition) is 1. The molecule has 154 valence electrons. The van der Waals surface area contributed by atoms with E-state index in [1.165, 1.54) is 0 Å². The molecule has 3 rings (SSSR count). The molecule has 6 heteroatoms. The summed E-state index contributed by atoms with van der Waals surface area (Å²) in [6.45, 7) is 4.24. The van der Waals surface area contributed by atoms with E-state index in [1.807, 2.05) is 37.3 Å². The highest BCUT2D eigenvalue weighted by Gasteiger charge is 2.13. The Bertz CT molecular complexity index is 1000. The Balaban J connectivity index is 1.62. The Hall–Kier alpha value is -3.54. The van der Waals surface area contributed by atoms with Crippen molar-refractivity contribution in [2.75, 3.05) is 11.9 Å². The van der Waals surface area contributed by atoms with E-state index >= 15 is 0 Å². The number of ether oxygens (including phenoxy) is 1. The highest BCUT2D eigenvalue weighted by Crippen LogP contribution is 2.14. The summed E-state index contributed by atoms with van der Waals surface area (Å²) in [5.41, 5.74) is 3.17. The fourth-order valence-electron chi connectivity index (χ4n) is 2.88. The second-order valence-corrected chi connectivity index (χ2v) is 6.97. The van der Waals surface area contributed by atoms with Crippen LogP contribution >= 0.6 is 0 Å². The van der Waals surface area contributed by atoms with Crippen LogP contribution in [0.4, 0.5) is 5.69 Å². The largest absolute Gasteiger partial charge is 0.462 e. The normalized spacial score (nSPS) is 10.5. The van der Waals surface area contributed by atoms with Gasteiger partial charge in [0, 0.05) is 18.3 Å². The van der Waals surface area contributed by atoms with Crippen molar-refractivity contribution in [3.8, 4) is 0 Å². The molecule has 2 aromatic carbocycles. The summed E-state index contributed by atoms with van der Waals surface area (Å²) in [7, 11) is 0. The van der Waals surface area contributed by atoms with Gasteiger partial charge in [0.25, 0.3) is 5.91 Å². The van der Waals surface area contributed by atoms with Crippen LogP contribution in [0.25, 0.3) is 0 Å². The molecule has 6 nitrogen and oxygen atoms in total. The molecule has 0 bridgehead atoms. The lowest BCUT2D eigenvalue weighted by Crippen LogP contribution is -2.16. The minimum Gasteiger partial charge on any atom is -0.462 e. The monoisotopic (exact) mass is 403 g/mol. The zero-order valence-corrected chi connectivity index (χ0v) is 17.2. The molecular formula is C24H25N3O3. The second-order valence-electron chi connectivity index (χ2n) is 6.97. The van der Waals surface area contributed by atoms with Crippen molar-refractivity contribution >= 4 is 17.6 Å². The lowest BCUT2D eigenvalue weighted by atomic mass is 10.1. The number of nitrogens with one attached hydrogen (secondary N) is 1. The average molecular weight is 403 g/mol. The molecule has 0 saturated heterocycles. The molecule has 1 amide bonds. The van der Waals surface area contributed by atoms with E-state index in [1.54, 1.807) is 37.4 Å². The van der Waals surface area contributed by atoms with Gasteiger partial charge in [-0.3, -0.25) is 4.79 Å². The smallest absolute Gasteiger partial charge is 0.338 e. The van der Waals surface area contributed by atoms with Crippen LogP contribution in [-0.2, 0) is 11.2 Å². The van der Waals surface area contributed by atoms with E-state index in [0.717, 1.165) is 18.4 Å². The summed E-state index contributed by atoms with van der Waals surface area (Å²) < 4.78 is 5.19. The quantitative estimate of drug-likeness (QED) is 0.440. The maximum absolute atomic E-state index is 12.6. The fourth-order valence-corrected chi connectivity index (χ4v) is 2.88. The molecule has 0 radical (unpaired) electrons. The van der Waals surface area contributed by atoms with Gasteiger partial charge in [0.2, 0.25) is 0 Å². The third-order valence-corrected chi connectivity index (χ3v) is 4.59. The van der Waals surface area contributed by atoms with Crippen molar-refractivity contribution in [1.29, 1.82) is 0 Å². The molecule has 0 aliphatic heterocycles. The van der Waals surface area contributed by atoms with E-state index in [0.29, 0.717) is 41.4 Å². The van der Waals surface area contributed by atoms with Crippen LogP contribution in [0.15, 0.2) is 60.8 Å². The van der Waals surface area contributed by atoms with Crippen LogP contribution in [0, 0.1) is 6.92 Å². The number of benzene rings is 2. The number of esters is 1. The number of amides is 1. The van der Waals surface area contributed by atoms with Crippen LogP contribution in [0.1, 0.15) is 57.6 Å². The van der Waals surface area contributed by atoms with Crippen LogP contribution in [-0.4, -0.2) is 28.5 Å². The van der Waals surface area contributed by atoms with Gasteiger partial charge < -0.3 is 10.1 Å². The van der Waals surface area contributed by atoms with Gasteiger partial charge in [-0.15, -0.1) is 0 Å². The maximum atomic E-state index is 12.6. The summed E-state index contributed by atoms with van der Waals surface area (Å²) in [5, 5.41) is 2.82. The van der Waals surface area contributed by atoms with Gasteiger partial charge in [0.15, 0.2) is 0 Å². The van der Waals surface area contributed by atoms with Gasteiger partial charge in [0.1, 0.15) is 5.82 Å². The second kappa shape index (κ2) is 10.3. The van der Waals surface area contributed by atoms with Gasteiger partial charge in [0.05, 0.1) is 23.4 Å². The van der Waals surface area contributed by atoms with Crippen LogP contribution in [0.5, 0.6) is 0 Å². The maximum Gasteiger partial charge on any atom is 0.338 e. The number of hydrogen-bond acceptors (Lipinski definition) is 5. The summed E-state index contributed by atoms with van der Waals surface area (Å²) in [6.07, 6.45) is 3.97. The molecule has 30 heavy (non-hydrogen) atoms. The third kappa shape index (κ3) is 5.73. The Morgan fingerprint density at radius 2 is 1.77 bits per heavy atom. The Morgan fingerprint density at radius 1 is 1.03 bits per heavy atom. The first-order valence-corrected chi connectivity index (χ1v) is 10.0. The van der Waals surface area contributed by atoms with E-state index in [9.17, 15) is 9.59 Å². The molecule has 1 aromatic heterocycles. The number of aryl methyl sites for hydroxylation is 1.